The van der Waals surface area contributed by atoms with Crippen LogP contribution in [-0.4, -0.2) is 24.5 Å². The Morgan fingerprint density at radius 1 is 1.47 bits per heavy atom. The third-order valence-corrected chi connectivity index (χ3v) is 3.52. The molecule has 1 aliphatic carbocycles. The van der Waals surface area contributed by atoms with Crippen LogP contribution in [0.15, 0.2) is 18.3 Å². The maximum Gasteiger partial charge on any atom is 0.269 e. The molecular weight excluding hydrogens is 214 g/mol. The first-order chi connectivity index (χ1) is 8.13. The van der Waals surface area contributed by atoms with Gasteiger partial charge in [0.1, 0.15) is 5.69 Å². The summed E-state index contributed by atoms with van der Waals surface area (Å²) in [5.74, 6) is -0.0826. The predicted molar refractivity (Wildman–Crippen MR) is 68.1 cm³/mol. The van der Waals surface area contributed by atoms with Gasteiger partial charge in [0.25, 0.3) is 5.91 Å². The average molecular weight is 233 g/mol. The van der Waals surface area contributed by atoms with Crippen LogP contribution in [0.1, 0.15) is 36.7 Å². The van der Waals surface area contributed by atoms with Gasteiger partial charge in [0.05, 0.1) is 11.9 Å². The maximum atomic E-state index is 11.8. The molecule has 92 valence electrons. The minimum atomic E-state index is -0.0826. The molecule has 1 heterocycles. The Kier molecular flexibility index (Phi) is 3.31. The van der Waals surface area contributed by atoms with Gasteiger partial charge in [0.2, 0.25) is 0 Å². The zero-order chi connectivity index (χ0) is 12.3. The zero-order valence-corrected chi connectivity index (χ0v) is 10.4. The molecule has 0 spiro atoms. The van der Waals surface area contributed by atoms with Gasteiger partial charge in [-0.1, -0.05) is 13.3 Å². The molecular formula is C13H19N3O. The molecule has 0 aromatic carbocycles. The van der Waals surface area contributed by atoms with Crippen molar-refractivity contribution in [3.05, 3.63) is 24.0 Å². The SMILES string of the molecule is CNc1ccc(C(=O)NCC2(C)CCC2)nc1. The van der Waals surface area contributed by atoms with E-state index in [1.807, 2.05) is 13.1 Å². The molecule has 0 unspecified atom stereocenters. The molecule has 0 saturated heterocycles. The summed E-state index contributed by atoms with van der Waals surface area (Å²) in [7, 11) is 1.83. The Bertz CT molecular complexity index is 396. The molecule has 1 fully saturated rings. The Labute approximate surface area is 102 Å². The van der Waals surface area contributed by atoms with Gasteiger partial charge < -0.3 is 10.6 Å². The topological polar surface area (TPSA) is 54.0 Å². The fourth-order valence-electron chi connectivity index (χ4n) is 2.02. The lowest BCUT2D eigenvalue weighted by Gasteiger charge is -2.38. The van der Waals surface area contributed by atoms with E-state index in [-0.39, 0.29) is 5.91 Å². The summed E-state index contributed by atoms with van der Waals surface area (Å²) in [6.45, 7) is 2.97. The van der Waals surface area contributed by atoms with E-state index < -0.39 is 0 Å². The summed E-state index contributed by atoms with van der Waals surface area (Å²) in [5.41, 5.74) is 1.69. The van der Waals surface area contributed by atoms with Gasteiger partial charge in [-0.3, -0.25) is 4.79 Å². The van der Waals surface area contributed by atoms with E-state index in [9.17, 15) is 4.79 Å². The first-order valence-electron chi connectivity index (χ1n) is 6.05. The van der Waals surface area contributed by atoms with Crippen molar-refractivity contribution in [2.45, 2.75) is 26.2 Å². The van der Waals surface area contributed by atoms with Gasteiger partial charge >= 0.3 is 0 Å². The molecule has 0 aliphatic heterocycles. The van der Waals surface area contributed by atoms with E-state index in [2.05, 4.69) is 22.5 Å². The standard InChI is InChI=1S/C13H19N3O/c1-13(6-3-7-13)9-16-12(17)11-5-4-10(14-2)8-15-11/h4-5,8,14H,3,6-7,9H2,1-2H3,(H,16,17). The molecule has 1 aromatic rings. The summed E-state index contributed by atoms with van der Waals surface area (Å²) in [6, 6.07) is 3.59. The van der Waals surface area contributed by atoms with Crippen molar-refractivity contribution in [3.8, 4) is 0 Å². The van der Waals surface area contributed by atoms with Crippen LogP contribution in [0.2, 0.25) is 0 Å². The predicted octanol–water partition coefficient (Wildman–Crippen LogP) is 2.04. The van der Waals surface area contributed by atoms with E-state index in [0.717, 1.165) is 12.2 Å². The Morgan fingerprint density at radius 3 is 2.71 bits per heavy atom. The Balaban J connectivity index is 1.90. The van der Waals surface area contributed by atoms with Crippen molar-refractivity contribution < 1.29 is 4.79 Å². The van der Waals surface area contributed by atoms with Gasteiger partial charge in [-0.25, -0.2) is 4.98 Å². The fourth-order valence-corrected chi connectivity index (χ4v) is 2.02. The monoisotopic (exact) mass is 233 g/mol. The number of hydrogen-bond acceptors (Lipinski definition) is 3. The summed E-state index contributed by atoms with van der Waals surface area (Å²) in [6.07, 6.45) is 5.36. The zero-order valence-electron chi connectivity index (χ0n) is 10.4. The minimum Gasteiger partial charge on any atom is -0.387 e. The normalized spacial score (nSPS) is 17.1. The number of pyridine rings is 1. The molecule has 0 atom stereocenters. The highest BCUT2D eigenvalue weighted by Crippen LogP contribution is 2.39. The third kappa shape index (κ3) is 2.75. The van der Waals surface area contributed by atoms with Crippen LogP contribution in [0.3, 0.4) is 0 Å². The van der Waals surface area contributed by atoms with E-state index in [0.29, 0.717) is 11.1 Å². The quantitative estimate of drug-likeness (QED) is 0.836. The maximum absolute atomic E-state index is 11.8. The number of aromatic nitrogens is 1. The summed E-state index contributed by atoms with van der Waals surface area (Å²) < 4.78 is 0. The molecule has 1 aromatic heterocycles. The number of amides is 1. The van der Waals surface area contributed by atoms with Crippen LogP contribution in [0.4, 0.5) is 5.69 Å². The second-order valence-corrected chi connectivity index (χ2v) is 5.03. The lowest BCUT2D eigenvalue weighted by atomic mass is 9.70. The highest BCUT2D eigenvalue weighted by molar-refractivity contribution is 5.92. The van der Waals surface area contributed by atoms with Gasteiger partial charge in [0.15, 0.2) is 0 Å². The number of rotatable bonds is 4. The highest BCUT2D eigenvalue weighted by Gasteiger charge is 2.31. The van der Waals surface area contributed by atoms with Gasteiger partial charge in [0, 0.05) is 13.6 Å². The van der Waals surface area contributed by atoms with Crippen molar-refractivity contribution in [2.75, 3.05) is 18.9 Å². The molecule has 1 saturated carbocycles. The molecule has 0 bridgehead atoms. The Hall–Kier alpha value is -1.58. The molecule has 4 heteroatoms. The minimum absolute atomic E-state index is 0.0826. The number of anilines is 1. The van der Waals surface area contributed by atoms with Crippen LogP contribution in [0.5, 0.6) is 0 Å². The lowest BCUT2D eigenvalue weighted by molar-refractivity contribution is 0.0886. The molecule has 1 aliphatic rings. The number of hydrogen-bond donors (Lipinski definition) is 2. The summed E-state index contributed by atoms with van der Waals surface area (Å²) >= 11 is 0. The number of nitrogens with zero attached hydrogens (tertiary/aromatic N) is 1. The lowest BCUT2D eigenvalue weighted by Crippen LogP contribution is -2.40. The molecule has 4 nitrogen and oxygen atoms in total. The van der Waals surface area contributed by atoms with Crippen molar-refractivity contribution in [1.29, 1.82) is 0 Å². The molecule has 2 rings (SSSR count). The molecule has 17 heavy (non-hydrogen) atoms. The van der Waals surface area contributed by atoms with Crippen molar-refractivity contribution in [1.82, 2.24) is 10.3 Å². The van der Waals surface area contributed by atoms with Crippen LogP contribution in [0, 0.1) is 5.41 Å². The smallest absolute Gasteiger partial charge is 0.269 e. The molecule has 1 amide bonds. The highest BCUT2D eigenvalue weighted by atomic mass is 16.1. The van der Waals surface area contributed by atoms with Crippen LogP contribution >= 0.6 is 0 Å². The second kappa shape index (κ2) is 4.73. The van der Waals surface area contributed by atoms with Crippen molar-refractivity contribution in [2.24, 2.45) is 5.41 Å². The number of carbonyl (C=O) groups excluding carboxylic acids is 1. The van der Waals surface area contributed by atoms with Crippen molar-refractivity contribution >= 4 is 11.6 Å². The Morgan fingerprint density at radius 2 is 2.24 bits per heavy atom. The largest absolute Gasteiger partial charge is 0.387 e. The van der Waals surface area contributed by atoms with Crippen molar-refractivity contribution in [3.63, 3.8) is 0 Å². The van der Waals surface area contributed by atoms with E-state index in [1.54, 1.807) is 12.3 Å². The van der Waals surface area contributed by atoms with Gasteiger partial charge in [-0.05, 0) is 30.4 Å². The number of carbonyl (C=O) groups is 1. The first kappa shape index (κ1) is 11.9. The molecule has 2 N–H and O–H groups in total. The third-order valence-electron chi connectivity index (χ3n) is 3.52. The van der Waals surface area contributed by atoms with E-state index >= 15 is 0 Å². The van der Waals surface area contributed by atoms with Crippen LogP contribution in [-0.2, 0) is 0 Å². The summed E-state index contributed by atoms with van der Waals surface area (Å²) in [4.78, 5) is 16.0. The van der Waals surface area contributed by atoms with E-state index in [4.69, 9.17) is 0 Å². The number of nitrogens with one attached hydrogen (secondary N) is 2. The first-order valence-corrected chi connectivity index (χ1v) is 6.05. The second-order valence-electron chi connectivity index (χ2n) is 5.03. The fraction of sp³-hybridized carbons (Fsp3) is 0.538. The average Bonchev–Trinajstić information content (AvgIpc) is 2.33. The molecule has 0 radical (unpaired) electrons. The summed E-state index contributed by atoms with van der Waals surface area (Å²) in [5, 5.41) is 5.93. The van der Waals surface area contributed by atoms with Gasteiger partial charge in [-0.15, -0.1) is 0 Å². The van der Waals surface area contributed by atoms with Crippen LogP contribution in [0.25, 0.3) is 0 Å². The van der Waals surface area contributed by atoms with Crippen LogP contribution < -0.4 is 10.6 Å². The van der Waals surface area contributed by atoms with E-state index in [1.165, 1.54) is 19.3 Å². The van der Waals surface area contributed by atoms with Gasteiger partial charge in [-0.2, -0.15) is 0 Å².